The second-order valence-corrected chi connectivity index (χ2v) is 6.54. The number of nitrogens with one attached hydrogen (secondary N) is 1. The Morgan fingerprint density at radius 3 is 2.73 bits per heavy atom. The van der Waals surface area contributed by atoms with Crippen molar-refractivity contribution in [3.8, 4) is 5.75 Å². The number of amides is 1. The van der Waals surface area contributed by atoms with E-state index in [9.17, 15) is 4.79 Å². The molecule has 0 aliphatic heterocycles. The molecule has 134 valence electrons. The molecule has 1 heterocycles. The molecule has 0 radical (unpaired) electrons. The highest BCUT2D eigenvalue weighted by atomic mass is 32.2. The van der Waals surface area contributed by atoms with E-state index in [-0.39, 0.29) is 5.91 Å². The molecule has 0 saturated heterocycles. The summed E-state index contributed by atoms with van der Waals surface area (Å²) in [5, 5.41) is 7.09. The van der Waals surface area contributed by atoms with Gasteiger partial charge in [-0.3, -0.25) is 4.79 Å². The number of para-hydroxylation sites is 1. The summed E-state index contributed by atoms with van der Waals surface area (Å²) in [5.41, 5.74) is 1.78. The van der Waals surface area contributed by atoms with Crippen molar-refractivity contribution in [2.75, 3.05) is 17.7 Å². The predicted molar refractivity (Wildman–Crippen MR) is 103 cm³/mol. The highest BCUT2D eigenvalue weighted by Gasteiger charge is 2.08. The van der Waals surface area contributed by atoms with Crippen molar-refractivity contribution in [3.05, 3.63) is 66.7 Å². The fourth-order valence-corrected chi connectivity index (χ4v) is 3.10. The van der Waals surface area contributed by atoms with Crippen LogP contribution in [-0.2, 0) is 11.3 Å². The molecule has 7 heteroatoms. The molecular weight excluding hydrogens is 348 g/mol. The van der Waals surface area contributed by atoms with Gasteiger partial charge in [-0.05, 0) is 42.8 Å². The third kappa shape index (κ3) is 5.10. The van der Waals surface area contributed by atoms with Gasteiger partial charge in [-0.25, -0.2) is 9.67 Å². The third-order valence-corrected chi connectivity index (χ3v) is 4.61. The van der Waals surface area contributed by atoms with Crippen LogP contribution in [0.1, 0.15) is 12.5 Å². The number of carbonyl (C=O) groups is 1. The first-order valence-electron chi connectivity index (χ1n) is 8.30. The molecule has 2 aromatic carbocycles. The van der Waals surface area contributed by atoms with Crippen LogP contribution in [-0.4, -0.2) is 33.0 Å². The lowest BCUT2D eigenvalue weighted by Crippen LogP contribution is -2.16. The fraction of sp³-hybridized carbons (Fsp3) is 0.211. The largest absolute Gasteiger partial charge is 0.494 e. The SMILES string of the molecule is CCOc1ccc(SCC(=O)Nc2ccccc2Cn2cncn2)cc1. The Hall–Kier alpha value is -2.80. The van der Waals surface area contributed by atoms with E-state index in [1.165, 1.54) is 18.1 Å². The van der Waals surface area contributed by atoms with Crippen LogP contribution in [0.3, 0.4) is 0 Å². The first kappa shape index (κ1) is 18.0. The zero-order valence-electron chi connectivity index (χ0n) is 14.5. The summed E-state index contributed by atoms with van der Waals surface area (Å²) in [4.78, 5) is 17.3. The van der Waals surface area contributed by atoms with Gasteiger partial charge in [0.05, 0.1) is 18.9 Å². The molecule has 0 fully saturated rings. The Bertz CT molecular complexity index is 835. The van der Waals surface area contributed by atoms with Crippen LogP contribution in [0, 0.1) is 0 Å². The summed E-state index contributed by atoms with van der Waals surface area (Å²) in [7, 11) is 0. The van der Waals surface area contributed by atoms with Gasteiger partial charge in [0.1, 0.15) is 18.4 Å². The van der Waals surface area contributed by atoms with Gasteiger partial charge in [0.2, 0.25) is 5.91 Å². The van der Waals surface area contributed by atoms with Gasteiger partial charge in [0.15, 0.2) is 0 Å². The highest BCUT2D eigenvalue weighted by Crippen LogP contribution is 2.22. The molecule has 1 N–H and O–H groups in total. The van der Waals surface area contributed by atoms with Crippen molar-refractivity contribution in [2.24, 2.45) is 0 Å². The molecule has 3 aromatic rings. The minimum Gasteiger partial charge on any atom is -0.494 e. The van der Waals surface area contributed by atoms with E-state index in [1.54, 1.807) is 11.0 Å². The number of ether oxygens (including phenoxy) is 1. The summed E-state index contributed by atoms with van der Waals surface area (Å²) in [6.45, 7) is 3.15. The van der Waals surface area contributed by atoms with Gasteiger partial charge < -0.3 is 10.1 Å². The molecule has 1 amide bonds. The Morgan fingerprint density at radius 1 is 1.19 bits per heavy atom. The van der Waals surface area contributed by atoms with Crippen LogP contribution < -0.4 is 10.1 Å². The van der Waals surface area contributed by atoms with Crippen LogP contribution >= 0.6 is 11.8 Å². The van der Waals surface area contributed by atoms with E-state index in [0.29, 0.717) is 18.9 Å². The summed E-state index contributed by atoms with van der Waals surface area (Å²) in [5.74, 6) is 1.13. The second-order valence-electron chi connectivity index (χ2n) is 5.49. The normalized spacial score (nSPS) is 10.5. The van der Waals surface area contributed by atoms with Crippen molar-refractivity contribution in [1.29, 1.82) is 0 Å². The van der Waals surface area contributed by atoms with E-state index in [1.807, 2.05) is 55.5 Å². The summed E-state index contributed by atoms with van der Waals surface area (Å²) < 4.78 is 7.14. The van der Waals surface area contributed by atoms with Crippen LogP contribution in [0.2, 0.25) is 0 Å². The minimum absolute atomic E-state index is 0.0464. The standard InChI is InChI=1S/C19H20N4O2S/c1-2-25-16-7-9-17(10-8-16)26-12-19(24)22-18-6-4-3-5-15(18)11-23-14-20-13-21-23/h3-10,13-14H,2,11-12H2,1H3,(H,22,24). The predicted octanol–water partition coefficient (Wildman–Crippen LogP) is 3.46. The van der Waals surface area contributed by atoms with Crippen molar-refractivity contribution in [2.45, 2.75) is 18.4 Å². The van der Waals surface area contributed by atoms with Crippen molar-refractivity contribution in [3.63, 3.8) is 0 Å². The van der Waals surface area contributed by atoms with E-state index >= 15 is 0 Å². The second kappa shape index (κ2) is 9.05. The fourth-order valence-electron chi connectivity index (χ4n) is 2.40. The molecule has 0 aliphatic carbocycles. The van der Waals surface area contributed by atoms with Crippen LogP contribution in [0.5, 0.6) is 5.75 Å². The topological polar surface area (TPSA) is 69.0 Å². The van der Waals surface area contributed by atoms with Crippen molar-refractivity contribution >= 4 is 23.4 Å². The molecule has 0 aliphatic rings. The number of anilines is 1. The minimum atomic E-state index is -0.0464. The van der Waals surface area contributed by atoms with E-state index in [2.05, 4.69) is 15.4 Å². The van der Waals surface area contributed by atoms with Gasteiger partial charge in [0.25, 0.3) is 0 Å². The zero-order chi connectivity index (χ0) is 18.2. The van der Waals surface area contributed by atoms with Crippen molar-refractivity contribution in [1.82, 2.24) is 14.8 Å². The number of benzene rings is 2. The molecular formula is C19H20N4O2S. The summed E-state index contributed by atoms with van der Waals surface area (Å²) in [6, 6.07) is 15.5. The smallest absolute Gasteiger partial charge is 0.234 e. The van der Waals surface area contributed by atoms with Crippen LogP contribution in [0.15, 0.2) is 66.1 Å². The lowest BCUT2D eigenvalue weighted by Gasteiger charge is -2.11. The maximum Gasteiger partial charge on any atom is 0.234 e. The number of rotatable bonds is 8. The Labute approximate surface area is 156 Å². The third-order valence-electron chi connectivity index (χ3n) is 3.60. The van der Waals surface area contributed by atoms with Gasteiger partial charge in [-0.15, -0.1) is 11.8 Å². The van der Waals surface area contributed by atoms with Crippen LogP contribution in [0.25, 0.3) is 0 Å². The first-order chi connectivity index (χ1) is 12.7. The van der Waals surface area contributed by atoms with E-state index in [4.69, 9.17) is 4.74 Å². The number of thioether (sulfide) groups is 1. The molecule has 0 bridgehead atoms. The van der Waals surface area contributed by atoms with Crippen LogP contribution in [0.4, 0.5) is 5.69 Å². The first-order valence-corrected chi connectivity index (χ1v) is 9.29. The number of hydrogen-bond donors (Lipinski definition) is 1. The maximum absolute atomic E-state index is 12.3. The van der Waals surface area contributed by atoms with E-state index < -0.39 is 0 Å². The number of aromatic nitrogens is 3. The lowest BCUT2D eigenvalue weighted by atomic mass is 10.2. The highest BCUT2D eigenvalue weighted by molar-refractivity contribution is 8.00. The molecule has 6 nitrogen and oxygen atoms in total. The number of hydrogen-bond acceptors (Lipinski definition) is 5. The summed E-state index contributed by atoms with van der Waals surface area (Å²) in [6.07, 6.45) is 3.15. The molecule has 0 unspecified atom stereocenters. The molecule has 0 spiro atoms. The molecule has 3 rings (SSSR count). The molecule has 26 heavy (non-hydrogen) atoms. The Kier molecular flexibility index (Phi) is 6.27. The average molecular weight is 368 g/mol. The van der Waals surface area contributed by atoms with Crippen molar-refractivity contribution < 1.29 is 9.53 Å². The number of carbonyl (C=O) groups excluding carboxylic acids is 1. The molecule has 0 saturated carbocycles. The molecule has 1 aromatic heterocycles. The maximum atomic E-state index is 12.3. The zero-order valence-corrected chi connectivity index (χ0v) is 15.3. The van der Waals surface area contributed by atoms with Gasteiger partial charge in [-0.1, -0.05) is 18.2 Å². The average Bonchev–Trinajstić information content (AvgIpc) is 3.16. The Balaban J connectivity index is 1.56. The lowest BCUT2D eigenvalue weighted by molar-refractivity contribution is -0.113. The monoisotopic (exact) mass is 368 g/mol. The summed E-state index contributed by atoms with van der Waals surface area (Å²) >= 11 is 1.49. The Morgan fingerprint density at radius 2 is 2.00 bits per heavy atom. The molecule has 0 atom stereocenters. The van der Waals surface area contributed by atoms with Gasteiger partial charge in [-0.2, -0.15) is 5.10 Å². The quantitative estimate of drug-likeness (QED) is 0.617. The van der Waals surface area contributed by atoms with E-state index in [0.717, 1.165) is 21.9 Å². The van der Waals surface area contributed by atoms with Gasteiger partial charge >= 0.3 is 0 Å². The number of nitrogens with zero attached hydrogens (tertiary/aromatic N) is 3. The van der Waals surface area contributed by atoms with Gasteiger partial charge in [0, 0.05) is 10.6 Å².